The highest BCUT2D eigenvalue weighted by atomic mass is 19.3. The number of aromatic hydroxyl groups is 1. The Morgan fingerprint density at radius 1 is 1.30 bits per heavy atom. The number of para-hydroxylation sites is 1. The van der Waals surface area contributed by atoms with E-state index in [9.17, 15) is 18.3 Å². The molecule has 0 unspecified atom stereocenters. The lowest BCUT2D eigenvalue weighted by Gasteiger charge is -2.38. The number of rotatable bonds is 4. The van der Waals surface area contributed by atoms with Gasteiger partial charge in [-0.3, -0.25) is 4.90 Å². The van der Waals surface area contributed by atoms with E-state index in [0.717, 1.165) is 6.07 Å². The van der Waals surface area contributed by atoms with E-state index in [0.29, 0.717) is 26.2 Å². The summed E-state index contributed by atoms with van der Waals surface area (Å²) in [6, 6.07) is 1.98. The Morgan fingerprint density at radius 2 is 1.95 bits per heavy atom. The Hall–Kier alpha value is -1.31. The molecule has 1 heterocycles. The van der Waals surface area contributed by atoms with Gasteiger partial charge in [0, 0.05) is 31.7 Å². The molecule has 0 aromatic heterocycles. The van der Waals surface area contributed by atoms with Crippen LogP contribution in [0.15, 0.2) is 18.2 Å². The van der Waals surface area contributed by atoms with E-state index in [1.54, 1.807) is 0 Å². The summed E-state index contributed by atoms with van der Waals surface area (Å²) >= 11 is 0. The molecular weight excluding hydrogens is 273 g/mol. The maximum Gasteiger partial charge on any atom is 0.290 e. The van der Waals surface area contributed by atoms with Gasteiger partial charge in [0.25, 0.3) is 5.92 Å². The first-order valence-electron chi connectivity index (χ1n) is 6.38. The van der Waals surface area contributed by atoms with Crippen LogP contribution >= 0.6 is 0 Å². The average molecular weight is 290 g/mol. The Labute approximate surface area is 114 Å². The first-order valence-corrected chi connectivity index (χ1v) is 6.38. The van der Waals surface area contributed by atoms with Gasteiger partial charge in [-0.2, -0.15) is 0 Å². The smallest absolute Gasteiger partial charge is 0.290 e. The number of nitrogens with one attached hydrogen (secondary N) is 1. The quantitative estimate of drug-likeness (QED) is 0.777. The second-order valence-corrected chi connectivity index (χ2v) is 4.79. The van der Waals surface area contributed by atoms with E-state index in [4.69, 9.17) is 5.11 Å². The maximum atomic E-state index is 14.1. The highest BCUT2D eigenvalue weighted by Gasteiger charge is 2.45. The summed E-state index contributed by atoms with van der Waals surface area (Å²) < 4.78 is 41.5. The van der Waals surface area contributed by atoms with Gasteiger partial charge < -0.3 is 15.5 Å². The predicted octanol–water partition coefficient (Wildman–Crippen LogP) is 1.11. The molecule has 0 spiro atoms. The molecule has 0 amide bonds. The van der Waals surface area contributed by atoms with Gasteiger partial charge in [-0.25, -0.2) is 13.2 Å². The number of hydrogen-bond acceptors (Lipinski definition) is 4. The highest BCUT2D eigenvalue weighted by molar-refractivity contribution is 5.37. The van der Waals surface area contributed by atoms with Crippen molar-refractivity contribution in [2.24, 2.45) is 0 Å². The van der Waals surface area contributed by atoms with Crippen LogP contribution in [0.5, 0.6) is 5.75 Å². The molecule has 3 N–H and O–H groups in total. The molecule has 1 aliphatic rings. The van der Waals surface area contributed by atoms with Crippen LogP contribution in [0.2, 0.25) is 0 Å². The zero-order valence-corrected chi connectivity index (χ0v) is 10.8. The molecule has 1 fully saturated rings. The Bertz CT molecular complexity index is 465. The molecule has 7 heteroatoms. The fourth-order valence-electron chi connectivity index (χ4n) is 2.47. The van der Waals surface area contributed by atoms with Gasteiger partial charge in [0.2, 0.25) is 0 Å². The minimum absolute atomic E-state index is 0.203. The summed E-state index contributed by atoms with van der Waals surface area (Å²) in [6.45, 7) is 0.339. The van der Waals surface area contributed by atoms with Crippen LogP contribution in [0.3, 0.4) is 0 Å². The van der Waals surface area contributed by atoms with Crippen molar-refractivity contribution in [2.75, 3.05) is 32.8 Å². The third-order valence-electron chi connectivity index (χ3n) is 3.44. The molecular formula is C13H17F3N2O2. The summed E-state index contributed by atoms with van der Waals surface area (Å²) in [5, 5.41) is 21.7. The fraction of sp³-hybridized carbons (Fsp3) is 0.538. The number of piperazine rings is 1. The molecule has 112 valence electrons. The Balaban J connectivity index is 2.42. The second kappa shape index (κ2) is 5.99. The van der Waals surface area contributed by atoms with Crippen LogP contribution in [0.4, 0.5) is 13.2 Å². The molecule has 4 nitrogen and oxygen atoms in total. The average Bonchev–Trinajstić information content (AvgIpc) is 2.45. The number of benzene rings is 1. The van der Waals surface area contributed by atoms with Crippen molar-refractivity contribution < 1.29 is 23.4 Å². The van der Waals surface area contributed by atoms with E-state index >= 15 is 0 Å². The molecule has 2 rings (SSSR count). The van der Waals surface area contributed by atoms with Crippen molar-refractivity contribution in [3.05, 3.63) is 29.6 Å². The Kier molecular flexibility index (Phi) is 4.52. The number of aliphatic hydroxyl groups excluding tert-OH is 1. The fourth-order valence-corrected chi connectivity index (χ4v) is 2.47. The van der Waals surface area contributed by atoms with Crippen LogP contribution < -0.4 is 5.32 Å². The van der Waals surface area contributed by atoms with Crippen molar-refractivity contribution in [3.8, 4) is 5.75 Å². The van der Waals surface area contributed by atoms with Crippen LogP contribution in [-0.2, 0) is 0 Å². The van der Waals surface area contributed by atoms with Gasteiger partial charge in [-0.1, -0.05) is 12.1 Å². The predicted molar refractivity (Wildman–Crippen MR) is 67.3 cm³/mol. The highest BCUT2D eigenvalue weighted by Crippen LogP contribution is 2.40. The molecule has 1 aliphatic heterocycles. The van der Waals surface area contributed by atoms with Gasteiger partial charge in [0.15, 0.2) is 11.6 Å². The number of aliphatic hydroxyl groups is 1. The second-order valence-electron chi connectivity index (χ2n) is 4.79. The summed E-state index contributed by atoms with van der Waals surface area (Å²) in [5.74, 6) is -5.21. The zero-order chi connectivity index (χ0) is 14.8. The largest absolute Gasteiger partial charge is 0.505 e. The molecule has 1 aromatic rings. The normalized spacial score (nSPS) is 19.0. The number of phenolic OH excluding ortho intramolecular Hbond substituents is 1. The first-order chi connectivity index (χ1) is 9.47. The number of halogens is 3. The van der Waals surface area contributed by atoms with Gasteiger partial charge in [0.05, 0.1) is 0 Å². The summed E-state index contributed by atoms with van der Waals surface area (Å²) in [5.41, 5.74) is -0.203. The van der Waals surface area contributed by atoms with Crippen molar-refractivity contribution in [2.45, 2.75) is 12.0 Å². The minimum Gasteiger partial charge on any atom is -0.505 e. The van der Waals surface area contributed by atoms with Crippen molar-refractivity contribution in [1.29, 1.82) is 0 Å². The van der Waals surface area contributed by atoms with Crippen molar-refractivity contribution >= 4 is 0 Å². The number of alkyl halides is 2. The molecule has 20 heavy (non-hydrogen) atoms. The van der Waals surface area contributed by atoms with E-state index in [1.807, 2.05) is 0 Å². The summed E-state index contributed by atoms with van der Waals surface area (Å²) in [4.78, 5) is 1.45. The first kappa shape index (κ1) is 15.1. The minimum atomic E-state index is -3.47. The topological polar surface area (TPSA) is 55.7 Å². The van der Waals surface area contributed by atoms with Crippen molar-refractivity contribution in [1.82, 2.24) is 10.2 Å². The summed E-state index contributed by atoms with van der Waals surface area (Å²) in [7, 11) is 0. The van der Waals surface area contributed by atoms with Crippen molar-refractivity contribution in [3.63, 3.8) is 0 Å². The van der Waals surface area contributed by atoms with Gasteiger partial charge in [-0.05, 0) is 6.07 Å². The number of nitrogens with zero attached hydrogens (tertiary/aromatic N) is 1. The maximum absolute atomic E-state index is 14.1. The lowest BCUT2D eigenvalue weighted by atomic mass is 9.97. The van der Waals surface area contributed by atoms with E-state index in [-0.39, 0.29) is 5.56 Å². The number of phenols is 1. The standard InChI is InChI=1S/C13H17F3N2O2/c14-10-3-1-2-9(11(10)20)12(13(15,16)8-19)18-6-4-17-5-7-18/h1-3,12,17,19-20H,4-8H2/t12-/m1/s1. The monoisotopic (exact) mass is 290 g/mol. The molecule has 0 saturated carbocycles. The molecule has 1 saturated heterocycles. The van der Waals surface area contributed by atoms with Crippen LogP contribution in [0.25, 0.3) is 0 Å². The van der Waals surface area contributed by atoms with E-state index in [1.165, 1.54) is 17.0 Å². The molecule has 0 radical (unpaired) electrons. The number of hydrogen-bond donors (Lipinski definition) is 3. The van der Waals surface area contributed by atoms with Gasteiger partial charge in [0.1, 0.15) is 12.6 Å². The molecule has 0 aliphatic carbocycles. The van der Waals surface area contributed by atoms with E-state index < -0.39 is 30.1 Å². The van der Waals surface area contributed by atoms with Crippen LogP contribution in [0, 0.1) is 5.82 Å². The Morgan fingerprint density at radius 3 is 2.55 bits per heavy atom. The molecule has 1 aromatic carbocycles. The molecule has 0 bridgehead atoms. The SMILES string of the molecule is OCC(F)(F)[C@@H](c1cccc(F)c1O)N1CCNCC1. The van der Waals surface area contributed by atoms with E-state index in [2.05, 4.69) is 5.32 Å². The van der Waals surface area contributed by atoms with Crippen LogP contribution in [-0.4, -0.2) is 53.8 Å². The molecule has 1 atom stereocenters. The lowest BCUT2D eigenvalue weighted by molar-refractivity contribution is -0.119. The van der Waals surface area contributed by atoms with Gasteiger partial charge in [-0.15, -0.1) is 0 Å². The van der Waals surface area contributed by atoms with Crippen LogP contribution in [0.1, 0.15) is 11.6 Å². The van der Waals surface area contributed by atoms with Gasteiger partial charge >= 0.3 is 0 Å². The zero-order valence-electron chi connectivity index (χ0n) is 10.8. The lowest BCUT2D eigenvalue weighted by Crippen LogP contribution is -2.51. The summed E-state index contributed by atoms with van der Waals surface area (Å²) in [6.07, 6.45) is 0. The third-order valence-corrected chi connectivity index (χ3v) is 3.44. The third kappa shape index (κ3) is 2.89.